The molecule has 0 aromatic carbocycles. The van der Waals surface area contributed by atoms with Crippen molar-refractivity contribution in [3.05, 3.63) is 0 Å². The second kappa shape index (κ2) is 7.08. The number of likely N-dealkylation sites (tertiary alicyclic amines) is 1. The number of likely N-dealkylation sites (N-methyl/N-ethyl adjacent to an activating group) is 1. The molecular weight excluding hydrogens is 232 g/mol. The van der Waals surface area contributed by atoms with Crippen LogP contribution in [0.3, 0.4) is 0 Å². The highest BCUT2D eigenvalue weighted by molar-refractivity contribution is 5.00. The molecule has 1 N–H and O–H groups in total. The molecule has 0 spiro atoms. The molecule has 1 aliphatic heterocycles. The van der Waals surface area contributed by atoms with Gasteiger partial charge in [-0.25, -0.2) is 0 Å². The summed E-state index contributed by atoms with van der Waals surface area (Å²) >= 11 is 0. The van der Waals surface area contributed by atoms with Gasteiger partial charge in [-0.15, -0.1) is 0 Å². The molecular formula is C17H34N2. The fourth-order valence-corrected chi connectivity index (χ4v) is 4.57. The van der Waals surface area contributed by atoms with Crippen LogP contribution in [0.5, 0.6) is 0 Å². The second-order valence-electron chi connectivity index (χ2n) is 6.92. The number of nitrogens with zero attached hydrogens (tertiary/aromatic N) is 1. The first kappa shape index (κ1) is 15.3. The zero-order valence-corrected chi connectivity index (χ0v) is 13.4. The Morgan fingerprint density at radius 1 is 1.05 bits per heavy atom. The van der Waals surface area contributed by atoms with Crippen molar-refractivity contribution in [2.45, 2.75) is 83.2 Å². The molecule has 2 unspecified atom stereocenters. The summed E-state index contributed by atoms with van der Waals surface area (Å²) in [6.45, 7) is 7.54. The quantitative estimate of drug-likeness (QED) is 0.761. The minimum atomic E-state index is 0.361. The van der Waals surface area contributed by atoms with Crippen molar-refractivity contribution in [1.82, 2.24) is 10.2 Å². The highest BCUT2D eigenvalue weighted by Gasteiger charge is 2.42. The van der Waals surface area contributed by atoms with E-state index >= 15 is 0 Å². The molecule has 0 aromatic rings. The zero-order valence-electron chi connectivity index (χ0n) is 13.4. The van der Waals surface area contributed by atoms with E-state index in [2.05, 4.69) is 31.1 Å². The van der Waals surface area contributed by atoms with Crippen molar-refractivity contribution in [2.75, 3.05) is 20.1 Å². The van der Waals surface area contributed by atoms with Gasteiger partial charge in [0, 0.05) is 11.6 Å². The first-order valence-electron chi connectivity index (χ1n) is 8.64. The summed E-state index contributed by atoms with van der Waals surface area (Å²) in [5.41, 5.74) is 0.361. The second-order valence-corrected chi connectivity index (χ2v) is 6.92. The molecule has 2 atom stereocenters. The molecule has 1 heterocycles. The number of nitrogens with one attached hydrogen (secondary N) is 1. The molecule has 0 amide bonds. The summed E-state index contributed by atoms with van der Waals surface area (Å²) in [6.07, 6.45) is 12.8. The van der Waals surface area contributed by atoms with E-state index in [0.29, 0.717) is 11.6 Å². The van der Waals surface area contributed by atoms with Gasteiger partial charge in [0.15, 0.2) is 0 Å². The Bertz CT molecular complexity index is 252. The summed E-state index contributed by atoms with van der Waals surface area (Å²) < 4.78 is 0. The van der Waals surface area contributed by atoms with Gasteiger partial charge in [-0.1, -0.05) is 32.6 Å². The van der Waals surface area contributed by atoms with Gasteiger partial charge < -0.3 is 5.32 Å². The summed E-state index contributed by atoms with van der Waals surface area (Å²) in [4.78, 5) is 2.78. The lowest BCUT2D eigenvalue weighted by Crippen LogP contribution is -2.60. The van der Waals surface area contributed by atoms with E-state index in [4.69, 9.17) is 0 Å². The lowest BCUT2D eigenvalue weighted by molar-refractivity contribution is 0.0565. The van der Waals surface area contributed by atoms with Gasteiger partial charge >= 0.3 is 0 Å². The van der Waals surface area contributed by atoms with Crippen LogP contribution < -0.4 is 5.32 Å². The van der Waals surface area contributed by atoms with Gasteiger partial charge in [0.25, 0.3) is 0 Å². The molecule has 2 heteroatoms. The molecule has 2 fully saturated rings. The van der Waals surface area contributed by atoms with Crippen LogP contribution >= 0.6 is 0 Å². The van der Waals surface area contributed by atoms with E-state index in [9.17, 15) is 0 Å². The van der Waals surface area contributed by atoms with Gasteiger partial charge in [0.1, 0.15) is 0 Å². The molecule has 0 radical (unpaired) electrons. The summed E-state index contributed by atoms with van der Waals surface area (Å²) in [5, 5.41) is 3.73. The topological polar surface area (TPSA) is 15.3 Å². The van der Waals surface area contributed by atoms with Crippen LogP contribution in [-0.4, -0.2) is 36.6 Å². The van der Waals surface area contributed by atoms with E-state index in [1.807, 2.05) is 0 Å². The maximum absolute atomic E-state index is 3.73. The van der Waals surface area contributed by atoms with Crippen molar-refractivity contribution < 1.29 is 0 Å². The van der Waals surface area contributed by atoms with Crippen LogP contribution in [0, 0.1) is 5.92 Å². The fraction of sp³-hybridized carbons (Fsp3) is 1.00. The molecule has 1 saturated carbocycles. The number of hydrogen-bond donors (Lipinski definition) is 1. The van der Waals surface area contributed by atoms with Crippen molar-refractivity contribution in [3.8, 4) is 0 Å². The Morgan fingerprint density at radius 2 is 1.63 bits per heavy atom. The minimum absolute atomic E-state index is 0.361. The monoisotopic (exact) mass is 266 g/mol. The van der Waals surface area contributed by atoms with E-state index < -0.39 is 0 Å². The standard InChI is InChI=1S/C17H34N2/c1-4-17(2,19-13-9-10-14-19)16(18-3)15-11-7-5-6-8-12-15/h15-16,18H,4-14H2,1-3H3. The van der Waals surface area contributed by atoms with Gasteiger partial charge in [0.05, 0.1) is 0 Å². The highest BCUT2D eigenvalue weighted by atomic mass is 15.2. The Balaban J connectivity index is 2.11. The molecule has 112 valence electrons. The Labute approximate surface area is 120 Å². The van der Waals surface area contributed by atoms with Gasteiger partial charge in [-0.05, 0) is 65.1 Å². The van der Waals surface area contributed by atoms with Gasteiger partial charge in [-0.3, -0.25) is 4.90 Å². The molecule has 2 aliphatic rings. The van der Waals surface area contributed by atoms with Gasteiger partial charge in [0.2, 0.25) is 0 Å². The molecule has 1 aliphatic carbocycles. The average molecular weight is 266 g/mol. The highest BCUT2D eigenvalue weighted by Crippen LogP contribution is 2.36. The van der Waals surface area contributed by atoms with E-state index in [1.165, 1.54) is 70.9 Å². The van der Waals surface area contributed by atoms with E-state index in [-0.39, 0.29) is 0 Å². The van der Waals surface area contributed by atoms with Crippen LogP contribution in [0.25, 0.3) is 0 Å². The largest absolute Gasteiger partial charge is 0.315 e. The summed E-state index contributed by atoms with van der Waals surface area (Å²) in [5.74, 6) is 0.887. The third kappa shape index (κ3) is 3.33. The number of hydrogen-bond acceptors (Lipinski definition) is 2. The smallest absolute Gasteiger partial charge is 0.0334 e. The van der Waals surface area contributed by atoms with Crippen molar-refractivity contribution in [3.63, 3.8) is 0 Å². The Morgan fingerprint density at radius 3 is 2.11 bits per heavy atom. The number of rotatable bonds is 5. The van der Waals surface area contributed by atoms with Gasteiger partial charge in [-0.2, -0.15) is 0 Å². The SMILES string of the molecule is CCC(C)(C(NC)C1CCCCCC1)N1CCCC1. The fourth-order valence-electron chi connectivity index (χ4n) is 4.57. The molecule has 0 aromatic heterocycles. The van der Waals surface area contributed by atoms with Crippen LogP contribution in [-0.2, 0) is 0 Å². The van der Waals surface area contributed by atoms with Crippen molar-refractivity contribution in [2.24, 2.45) is 5.92 Å². The molecule has 1 saturated heterocycles. The normalized spacial score (nSPS) is 27.9. The van der Waals surface area contributed by atoms with Crippen LogP contribution in [0.2, 0.25) is 0 Å². The minimum Gasteiger partial charge on any atom is -0.315 e. The lowest BCUT2D eigenvalue weighted by Gasteiger charge is -2.47. The van der Waals surface area contributed by atoms with E-state index in [0.717, 1.165) is 5.92 Å². The van der Waals surface area contributed by atoms with E-state index in [1.54, 1.807) is 0 Å². The Hall–Kier alpha value is -0.0800. The predicted molar refractivity (Wildman–Crippen MR) is 83.5 cm³/mol. The van der Waals surface area contributed by atoms with Crippen molar-refractivity contribution >= 4 is 0 Å². The molecule has 2 rings (SSSR count). The Kier molecular flexibility index (Phi) is 5.70. The maximum atomic E-state index is 3.73. The summed E-state index contributed by atoms with van der Waals surface area (Å²) in [6, 6.07) is 0.675. The van der Waals surface area contributed by atoms with Crippen LogP contribution in [0.4, 0.5) is 0 Å². The third-order valence-corrected chi connectivity index (χ3v) is 5.90. The van der Waals surface area contributed by atoms with Crippen LogP contribution in [0.15, 0.2) is 0 Å². The van der Waals surface area contributed by atoms with Crippen LogP contribution in [0.1, 0.15) is 71.6 Å². The average Bonchev–Trinajstić information content (AvgIpc) is 2.85. The zero-order chi connectivity index (χ0) is 13.7. The summed E-state index contributed by atoms with van der Waals surface area (Å²) in [7, 11) is 2.19. The molecule has 2 nitrogen and oxygen atoms in total. The first-order valence-corrected chi connectivity index (χ1v) is 8.64. The molecule has 0 bridgehead atoms. The first-order chi connectivity index (χ1) is 9.22. The maximum Gasteiger partial charge on any atom is 0.0334 e. The lowest BCUT2D eigenvalue weighted by atomic mass is 9.77. The molecule has 19 heavy (non-hydrogen) atoms. The van der Waals surface area contributed by atoms with Crippen molar-refractivity contribution in [1.29, 1.82) is 0 Å². The predicted octanol–water partition coefficient (Wildman–Crippen LogP) is 3.81. The third-order valence-electron chi connectivity index (χ3n) is 5.90.